The number of aromatic nitrogens is 1. The number of ether oxygens (including phenoxy) is 1. The molecule has 2 aromatic carbocycles. The lowest BCUT2D eigenvalue weighted by Gasteiger charge is -2.26. The van der Waals surface area contributed by atoms with Gasteiger partial charge in [-0.1, -0.05) is 34.1 Å². The second-order valence-corrected chi connectivity index (χ2v) is 9.05. The quantitative estimate of drug-likeness (QED) is 0.246. The van der Waals surface area contributed by atoms with Crippen molar-refractivity contribution in [1.82, 2.24) is 10.3 Å². The molecule has 0 bridgehead atoms. The van der Waals surface area contributed by atoms with E-state index in [0.29, 0.717) is 16.4 Å². The highest BCUT2D eigenvalue weighted by Crippen LogP contribution is 2.43. The van der Waals surface area contributed by atoms with Gasteiger partial charge in [0.1, 0.15) is 17.6 Å². The SMILES string of the molecule is COC(=O)c1ccc(-c2ccc(C3C(c4ccccn4)NC(=S)N3c3ccc(Br)cc3)o2)cc1. The Labute approximate surface area is 210 Å². The van der Waals surface area contributed by atoms with Crippen LogP contribution in [0.2, 0.25) is 0 Å². The van der Waals surface area contributed by atoms with E-state index in [0.717, 1.165) is 27.2 Å². The summed E-state index contributed by atoms with van der Waals surface area (Å²) in [5.41, 5.74) is 3.16. The fourth-order valence-electron chi connectivity index (χ4n) is 4.08. The van der Waals surface area contributed by atoms with Crippen LogP contribution in [-0.4, -0.2) is 23.2 Å². The van der Waals surface area contributed by atoms with Gasteiger partial charge >= 0.3 is 5.97 Å². The Kier molecular flexibility index (Phi) is 6.17. The van der Waals surface area contributed by atoms with Gasteiger partial charge in [0.15, 0.2) is 5.11 Å². The minimum atomic E-state index is -0.374. The minimum Gasteiger partial charge on any atom is -0.465 e. The molecule has 1 N–H and O–H groups in total. The van der Waals surface area contributed by atoms with Gasteiger partial charge in [0, 0.05) is 21.9 Å². The van der Waals surface area contributed by atoms with Crippen molar-refractivity contribution in [3.8, 4) is 11.3 Å². The number of anilines is 1. The number of hydrogen-bond donors (Lipinski definition) is 1. The first-order valence-electron chi connectivity index (χ1n) is 10.6. The van der Waals surface area contributed by atoms with Crippen molar-refractivity contribution < 1.29 is 13.9 Å². The first-order chi connectivity index (χ1) is 16.5. The van der Waals surface area contributed by atoms with E-state index in [9.17, 15) is 4.79 Å². The average molecular weight is 534 g/mol. The fourth-order valence-corrected chi connectivity index (χ4v) is 4.69. The Morgan fingerprint density at radius 3 is 2.50 bits per heavy atom. The highest BCUT2D eigenvalue weighted by atomic mass is 79.9. The molecule has 0 amide bonds. The topological polar surface area (TPSA) is 67.6 Å². The number of thiocarbonyl (C=S) groups is 1. The number of benzene rings is 2. The van der Waals surface area contributed by atoms with Gasteiger partial charge in [0.25, 0.3) is 0 Å². The Balaban J connectivity index is 1.54. The molecule has 0 spiro atoms. The fraction of sp³-hybridized carbons (Fsp3) is 0.115. The number of furan rings is 1. The number of carbonyl (C=O) groups is 1. The number of pyridine rings is 1. The Bertz CT molecular complexity index is 1320. The smallest absolute Gasteiger partial charge is 0.337 e. The predicted molar refractivity (Wildman–Crippen MR) is 138 cm³/mol. The van der Waals surface area contributed by atoms with Gasteiger partial charge in [-0.25, -0.2) is 4.79 Å². The van der Waals surface area contributed by atoms with Crippen molar-refractivity contribution in [2.45, 2.75) is 12.1 Å². The molecule has 1 aliphatic rings. The molecule has 0 saturated carbocycles. The summed E-state index contributed by atoms with van der Waals surface area (Å²) in [5, 5.41) is 4.03. The van der Waals surface area contributed by atoms with Crippen LogP contribution in [-0.2, 0) is 4.74 Å². The number of rotatable bonds is 5. The van der Waals surface area contributed by atoms with Crippen molar-refractivity contribution in [3.63, 3.8) is 0 Å². The van der Waals surface area contributed by atoms with Crippen LogP contribution in [0.3, 0.4) is 0 Å². The molecule has 2 aromatic heterocycles. The molecule has 6 nitrogen and oxygen atoms in total. The number of nitrogens with one attached hydrogen (secondary N) is 1. The minimum absolute atomic E-state index is 0.196. The average Bonchev–Trinajstić information content (AvgIpc) is 3.49. The maximum Gasteiger partial charge on any atom is 0.337 e. The highest BCUT2D eigenvalue weighted by Gasteiger charge is 2.42. The summed E-state index contributed by atoms with van der Waals surface area (Å²) < 4.78 is 12.1. The molecule has 1 aliphatic heterocycles. The van der Waals surface area contributed by atoms with Crippen LogP contribution in [0.5, 0.6) is 0 Å². The van der Waals surface area contributed by atoms with Gasteiger partial charge in [-0.05, 0) is 72.9 Å². The first-order valence-corrected chi connectivity index (χ1v) is 11.8. The Hall–Kier alpha value is -3.49. The molecule has 4 aromatic rings. The third kappa shape index (κ3) is 4.22. The van der Waals surface area contributed by atoms with Crippen LogP contribution in [0.25, 0.3) is 11.3 Å². The van der Waals surface area contributed by atoms with Crippen molar-refractivity contribution in [2.24, 2.45) is 0 Å². The molecular weight excluding hydrogens is 514 g/mol. The van der Waals surface area contributed by atoms with Crippen LogP contribution in [0.1, 0.15) is 33.9 Å². The number of methoxy groups -OCH3 is 1. The maximum atomic E-state index is 11.8. The summed E-state index contributed by atoms with van der Waals surface area (Å²) in [6, 6.07) is 24.4. The molecule has 170 valence electrons. The molecule has 0 radical (unpaired) electrons. The molecule has 2 atom stereocenters. The van der Waals surface area contributed by atoms with E-state index in [-0.39, 0.29) is 18.1 Å². The molecular formula is C26H20BrN3O3S. The molecule has 3 heterocycles. The van der Waals surface area contributed by atoms with Gasteiger partial charge < -0.3 is 19.4 Å². The van der Waals surface area contributed by atoms with Crippen LogP contribution in [0, 0.1) is 0 Å². The zero-order valence-electron chi connectivity index (χ0n) is 18.1. The number of carbonyl (C=O) groups excluding carboxylic acids is 1. The predicted octanol–water partition coefficient (Wildman–Crippen LogP) is 6.07. The van der Waals surface area contributed by atoms with Crippen molar-refractivity contribution >= 4 is 44.9 Å². The molecule has 1 fully saturated rings. The summed E-state index contributed by atoms with van der Waals surface area (Å²) in [6.07, 6.45) is 1.77. The number of hydrogen-bond acceptors (Lipinski definition) is 5. The summed E-state index contributed by atoms with van der Waals surface area (Å²) in [4.78, 5) is 18.4. The van der Waals surface area contributed by atoms with Crippen LogP contribution in [0.15, 0.2) is 93.9 Å². The third-order valence-electron chi connectivity index (χ3n) is 5.71. The van der Waals surface area contributed by atoms with E-state index in [4.69, 9.17) is 21.4 Å². The Morgan fingerprint density at radius 2 is 1.82 bits per heavy atom. The Morgan fingerprint density at radius 1 is 1.06 bits per heavy atom. The molecule has 0 aliphatic carbocycles. The maximum absolute atomic E-state index is 11.8. The zero-order valence-corrected chi connectivity index (χ0v) is 20.5. The third-order valence-corrected chi connectivity index (χ3v) is 6.55. The van der Waals surface area contributed by atoms with Crippen molar-refractivity contribution in [3.05, 3.63) is 107 Å². The zero-order chi connectivity index (χ0) is 23.7. The van der Waals surface area contributed by atoms with E-state index in [1.807, 2.05) is 66.7 Å². The van der Waals surface area contributed by atoms with Crippen molar-refractivity contribution in [1.29, 1.82) is 0 Å². The monoisotopic (exact) mass is 533 g/mol. The number of halogens is 1. The van der Waals surface area contributed by atoms with Gasteiger partial charge in [-0.2, -0.15) is 0 Å². The summed E-state index contributed by atoms with van der Waals surface area (Å²) >= 11 is 9.25. The van der Waals surface area contributed by atoms with Gasteiger partial charge in [-0.15, -0.1) is 0 Å². The van der Waals surface area contributed by atoms with E-state index < -0.39 is 0 Å². The lowest BCUT2D eigenvalue weighted by molar-refractivity contribution is 0.0600. The van der Waals surface area contributed by atoms with Gasteiger partial charge in [0.05, 0.1) is 24.4 Å². The number of nitrogens with zero attached hydrogens (tertiary/aromatic N) is 2. The van der Waals surface area contributed by atoms with Crippen LogP contribution < -0.4 is 10.2 Å². The number of esters is 1. The standard InChI is InChI=1S/C26H20BrN3O3S/c1-32-25(31)17-7-5-16(6-8-17)21-13-14-22(33-21)24-23(20-4-2-3-15-28-20)29-26(34)30(24)19-11-9-18(27)10-12-19/h2-15,23-24H,1H3,(H,29,34). The van der Waals surface area contributed by atoms with Gasteiger partial charge in [-0.3, -0.25) is 4.98 Å². The molecule has 8 heteroatoms. The second-order valence-electron chi connectivity index (χ2n) is 7.74. The molecule has 5 rings (SSSR count). The molecule has 1 saturated heterocycles. The summed E-state index contributed by atoms with van der Waals surface area (Å²) in [6.45, 7) is 0. The van der Waals surface area contributed by atoms with E-state index in [1.165, 1.54) is 7.11 Å². The highest BCUT2D eigenvalue weighted by molar-refractivity contribution is 9.10. The molecule has 2 unspecified atom stereocenters. The first kappa shape index (κ1) is 22.3. The van der Waals surface area contributed by atoms with Crippen LogP contribution in [0.4, 0.5) is 5.69 Å². The molecule has 34 heavy (non-hydrogen) atoms. The normalized spacial score (nSPS) is 17.5. The largest absolute Gasteiger partial charge is 0.465 e. The second kappa shape index (κ2) is 9.40. The van der Waals surface area contributed by atoms with E-state index in [2.05, 4.69) is 31.1 Å². The summed E-state index contributed by atoms with van der Waals surface area (Å²) in [5.74, 6) is 1.07. The van der Waals surface area contributed by atoms with E-state index >= 15 is 0 Å². The van der Waals surface area contributed by atoms with E-state index in [1.54, 1.807) is 18.3 Å². The van der Waals surface area contributed by atoms with Gasteiger partial charge in [0.2, 0.25) is 0 Å². The lowest BCUT2D eigenvalue weighted by Crippen LogP contribution is -2.29. The summed E-state index contributed by atoms with van der Waals surface area (Å²) in [7, 11) is 1.37. The lowest BCUT2D eigenvalue weighted by atomic mass is 10.0. The van der Waals surface area contributed by atoms with Crippen molar-refractivity contribution in [2.75, 3.05) is 12.0 Å². The van der Waals surface area contributed by atoms with Crippen LogP contribution >= 0.6 is 28.1 Å².